The van der Waals surface area contributed by atoms with E-state index in [2.05, 4.69) is 18.0 Å². The van der Waals surface area contributed by atoms with Crippen molar-refractivity contribution in [2.24, 2.45) is 11.7 Å². The number of piperidine rings is 1. The maximum atomic E-state index is 13.6. The molecule has 2 bridgehead atoms. The van der Waals surface area contributed by atoms with E-state index in [1.54, 1.807) is 13.0 Å². The molecule has 16 heteroatoms. The lowest BCUT2D eigenvalue weighted by atomic mass is 9.53. The van der Waals surface area contributed by atoms with Crippen molar-refractivity contribution in [3.63, 3.8) is 0 Å². The van der Waals surface area contributed by atoms with E-state index in [0.29, 0.717) is 17.7 Å². The molecule has 9 N–H and O–H groups in total. The van der Waals surface area contributed by atoms with Gasteiger partial charge in [-0.05, 0) is 51.1 Å². The van der Waals surface area contributed by atoms with E-state index in [1.807, 2.05) is 12.1 Å². The molecule has 0 radical (unpaired) electrons. The number of aromatic hydroxyl groups is 3. The number of ether oxygens (including phenoxy) is 4. The lowest BCUT2D eigenvalue weighted by molar-refractivity contribution is -0.247. The number of hydrogen-bond acceptors (Lipinski definition) is 16. The summed E-state index contributed by atoms with van der Waals surface area (Å²) in [4.78, 5) is 42.2. The fourth-order valence-corrected chi connectivity index (χ4v) is 11.0. The highest BCUT2D eigenvalue weighted by atomic mass is 16.7. The molecule has 16 nitrogen and oxygen atoms in total. The van der Waals surface area contributed by atoms with E-state index in [9.17, 15) is 50.1 Å². The number of ketones is 3. The van der Waals surface area contributed by atoms with Crippen molar-refractivity contribution in [1.82, 2.24) is 4.90 Å². The Morgan fingerprint density at radius 1 is 1.03 bits per heavy atom. The van der Waals surface area contributed by atoms with Crippen LogP contribution in [0.2, 0.25) is 0 Å². The predicted molar refractivity (Wildman–Crippen MR) is 209 cm³/mol. The minimum atomic E-state index is -2.24. The molecule has 10 rings (SSSR count). The number of phenolic OH excluding ortho intramolecular Hbond substituents is 3. The predicted octanol–water partition coefficient (Wildman–Crippen LogP) is 1.20. The molecule has 0 saturated carbocycles. The number of benzene rings is 3. The van der Waals surface area contributed by atoms with Gasteiger partial charge >= 0.3 is 0 Å². The molecule has 2 saturated heterocycles. The topological polar surface area (TPSA) is 259 Å². The average Bonchev–Trinajstić information content (AvgIpc) is 3.59. The number of likely N-dealkylation sites (tertiary alicyclic amines) is 1. The van der Waals surface area contributed by atoms with E-state index < -0.39 is 102 Å². The molecule has 1 spiro atoms. The number of nitrogens with zero attached hydrogens (tertiary/aromatic N) is 1. The number of carbonyl (C=O) groups excluding carboxylic acids is 3. The van der Waals surface area contributed by atoms with E-state index in [-0.39, 0.29) is 51.7 Å². The number of rotatable bonds is 5. The maximum Gasteiger partial charge on any atom is 0.202 e. The molecule has 60 heavy (non-hydrogen) atoms. The number of phenols is 3. The molecule has 0 amide bonds. The first-order valence-electron chi connectivity index (χ1n) is 20.1. The Hall–Kier alpha value is -4.91. The third kappa shape index (κ3) is 5.69. The summed E-state index contributed by atoms with van der Waals surface area (Å²) in [5, 5.41) is 74.3. The van der Waals surface area contributed by atoms with Gasteiger partial charge in [-0.25, -0.2) is 0 Å². The van der Waals surface area contributed by atoms with E-state index in [4.69, 9.17) is 24.7 Å². The zero-order valence-electron chi connectivity index (χ0n) is 33.2. The van der Waals surface area contributed by atoms with Crippen molar-refractivity contribution in [2.75, 3.05) is 27.3 Å². The summed E-state index contributed by atoms with van der Waals surface area (Å²) in [6, 6.07) is 7.86. The molecule has 11 atom stereocenters. The zero-order valence-corrected chi connectivity index (χ0v) is 33.2. The molecule has 3 heterocycles. The van der Waals surface area contributed by atoms with Gasteiger partial charge in [0.2, 0.25) is 5.78 Å². The highest BCUT2D eigenvalue weighted by molar-refractivity contribution is 6.31. The molecule has 3 aliphatic heterocycles. The second-order valence-electron chi connectivity index (χ2n) is 17.1. The summed E-state index contributed by atoms with van der Waals surface area (Å²) in [6.45, 7) is 1.57. The minimum Gasteiger partial charge on any atom is -0.507 e. The van der Waals surface area contributed by atoms with Crippen LogP contribution in [0.3, 0.4) is 0 Å². The van der Waals surface area contributed by atoms with E-state index in [1.165, 1.54) is 36.4 Å². The molecular weight excluding hydrogens is 780 g/mol. The van der Waals surface area contributed by atoms with Crippen molar-refractivity contribution < 1.29 is 69.1 Å². The molecule has 4 aliphatic carbocycles. The SMILES string of the molecule is CN1CC[C@]23c4c5ccc(O)c4O[C@H]2[C@@H](O)C=C[C@H]3[C@H]1C5.COc1cccc2c1C(=O)c1c(O)c3c(c(O)c1C2=O)C[C@@](O)(C(=O)CO)C[C@@H]3O[C@H]1C[C@H](N)[C@H](O)[C@H](C)O1. The zero-order chi connectivity index (χ0) is 42.7. The van der Waals surface area contributed by atoms with Gasteiger partial charge in [0.1, 0.15) is 41.7 Å². The summed E-state index contributed by atoms with van der Waals surface area (Å²) in [5.74, 6) is -2.59. The van der Waals surface area contributed by atoms with Crippen LogP contribution in [0.1, 0.15) is 86.4 Å². The number of methoxy groups -OCH3 is 1. The van der Waals surface area contributed by atoms with Gasteiger partial charge in [-0.15, -0.1) is 0 Å². The number of hydrogen-bond donors (Lipinski definition) is 8. The van der Waals surface area contributed by atoms with Crippen LogP contribution in [-0.2, 0) is 32.5 Å². The van der Waals surface area contributed by atoms with Gasteiger partial charge in [-0.1, -0.05) is 30.4 Å². The van der Waals surface area contributed by atoms with E-state index in [0.717, 1.165) is 19.4 Å². The monoisotopic (exact) mass is 828 g/mol. The number of Topliss-reactive ketones (excluding diaryl/α,β-unsaturated/α-hetero) is 1. The fourth-order valence-electron chi connectivity index (χ4n) is 11.0. The van der Waals surface area contributed by atoms with Crippen LogP contribution < -0.4 is 15.2 Å². The molecule has 7 aliphatic rings. The summed E-state index contributed by atoms with van der Waals surface area (Å²) in [7, 11) is 3.51. The third-order valence-corrected chi connectivity index (χ3v) is 14.0. The van der Waals surface area contributed by atoms with Crippen LogP contribution in [0.15, 0.2) is 42.5 Å². The van der Waals surface area contributed by atoms with Crippen molar-refractivity contribution in [2.45, 2.75) is 98.9 Å². The maximum absolute atomic E-state index is 13.6. The normalized spacial score (nSPS) is 34.3. The van der Waals surface area contributed by atoms with Crippen molar-refractivity contribution in [1.29, 1.82) is 0 Å². The Morgan fingerprint density at radius 2 is 1.78 bits per heavy atom. The molecule has 318 valence electrons. The largest absolute Gasteiger partial charge is 0.507 e. The Bertz CT molecular complexity index is 2350. The molecule has 0 aromatic heterocycles. The van der Waals surface area contributed by atoms with Gasteiger partial charge < -0.3 is 65.3 Å². The third-order valence-electron chi connectivity index (χ3n) is 14.0. The Balaban J connectivity index is 0.000000183. The molecule has 3 aromatic carbocycles. The lowest BCUT2D eigenvalue weighted by Crippen LogP contribution is -2.64. The van der Waals surface area contributed by atoms with Gasteiger partial charge in [-0.2, -0.15) is 0 Å². The van der Waals surface area contributed by atoms with Gasteiger partial charge in [-0.3, -0.25) is 14.4 Å². The molecule has 2 fully saturated rings. The Labute approximate surface area is 344 Å². The summed E-state index contributed by atoms with van der Waals surface area (Å²) >= 11 is 0. The molecule has 0 unspecified atom stereocenters. The van der Waals surface area contributed by atoms with Gasteiger partial charge in [0.05, 0.1) is 42.1 Å². The fraction of sp³-hybridized carbons (Fsp3) is 0.477. The highest BCUT2D eigenvalue weighted by Gasteiger charge is 2.64. The van der Waals surface area contributed by atoms with Gasteiger partial charge in [0, 0.05) is 64.9 Å². The van der Waals surface area contributed by atoms with Crippen molar-refractivity contribution in [3.05, 3.63) is 87.0 Å². The summed E-state index contributed by atoms with van der Waals surface area (Å²) < 4.78 is 23.1. The van der Waals surface area contributed by atoms with Crippen molar-refractivity contribution >= 4 is 17.3 Å². The van der Waals surface area contributed by atoms with Gasteiger partial charge in [0.25, 0.3) is 0 Å². The summed E-state index contributed by atoms with van der Waals surface area (Å²) in [5.41, 5.74) is 4.66. The van der Waals surface area contributed by atoms with E-state index >= 15 is 0 Å². The first-order chi connectivity index (χ1) is 28.6. The van der Waals surface area contributed by atoms with Crippen LogP contribution >= 0.6 is 0 Å². The average molecular weight is 829 g/mol. The lowest BCUT2D eigenvalue weighted by Gasteiger charge is -2.56. The Morgan fingerprint density at radius 3 is 2.50 bits per heavy atom. The minimum absolute atomic E-state index is 0.0173. The second-order valence-corrected chi connectivity index (χ2v) is 17.1. The van der Waals surface area contributed by atoms with Crippen LogP contribution in [0.5, 0.6) is 28.7 Å². The van der Waals surface area contributed by atoms with Gasteiger partial charge in [0.15, 0.2) is 29.4 Å². The van der Waals surface area contributed by atoms with Crippen LogP contribution in [-0.4, -0.2) is 134 Å². The molecular formula is C44H48N2O14. The first kappa shape index (κ1) is 40.5. The van der Waals surface area contributed by atoms with Crippen LogP contribution in [0.4, 0.5) is 0 Å². The quantitative estimate of drug-likeness (QED) is 0.104. The number of likely N-dealkylation sites (N-methyl/N-ethyl adjacent to an activating group) is 1. The first-order valence-corrected chi connectivity index (χ1v) is 20.1. The van der Waals surface area contributed by atoms with Crippen molar-refractivity contribution in [3.8, 4) is 28.7 Å². The number of fused-ring (bicyclic) bond motifs is 3. The number of aliphatic hydroxyl groups is 4. The highest BCUT2D eigenvalue weighted by Crippen LogP contribution is 2.62. The number of nitrogens with two attached hydrogens (primary N) is 1. The van der Waals surface area contributed by atoms with Crippen LogP contribution in [0, 0.1) is 5.92 Å². The molecule has 3 aromatic rings. The smallest absolute Gasteiger partial charge is 0.202 e. The summed E-state index contributed by atoms with van der Waals surface area (Å²) in [6.07, 6.45) is 0.0551. The number of carbonyl (C=O) groups is 3. The van der Waals surface area contributed by atoms with Crippen LogP contribution in [0.25, 0.3) is 0 Å². The Kier molecular flexibility index (Phi) is 9.68. The second kappa shape index (κ2) is 14.3. The number of aliphatic hydroxyl groups excluding tert-OH is 3. The standard InChI is InChI=1S/C27H29NO11.C17H19NO3/c1-10-22(31)13(28)6-17(38-10)39-15-8-27(36,16(30)9-29)7-12-19(15)26(35)21-20(24(12)33)23(32)11-4-3-5-14(37-2)18(11)25(21)34;1-18-7-6-17-10-3-5-13(20)16(17)21-15-12(19)4-2-9(14(15)17)8-11(10)18/h3-5,10,13,15,17,22,29,31,33,35-36H,6-9,28H2,1-2H3;2-5,10-11,13,16,19-20H,6-8H2,1H3/t10-,13-,15-,17-,22+,27-;10-,11+,13-,16-,17-/m00/s1.